The van der Waals surface area contributed by atoms with Crippen LogP contribution in [0.25, 0.3) is 0 Å². The molecule has 0 heterocycles. The molecule has 0 aromatic heterocycles. The van der Waals surface area contributed by atoms with Crippen LogP contribution in [0, 0.1) is 0 Å². The second kappa shape index (κ2) is 7.47. The second-order valence-corrected chi connectivity index (χ2v) is 6.32. The number of carbonyl (C=O) groups is 1. The molecule has 0 unspecified atom stereocenters. The smallest absolute Gasteiger partial charge is 0.518 e. The molecule has 0 spiro atoms. The average Bonchev–Trinajstić information content (AvgIpc) is 2.44. The Hall–Kier alpha value is -2.36. The van der Waals surface area contributed by atoms with Crippen molar-refractivity contribution in [1.29, 1.82) is 0 Å². The summed E-state index contributed by atoms with van der Waals surface area (Å²) in [6, 6.07) is 5.80. The van der Waals surface area contributed by atoms with Crippen molar-refractivity contribution in [1.82, 2.24) is 0 Å². The third-order valence-corrected chi connectivity index (χ3v) is 3.65. The number of alkyl halides is 3. The molecule has 0 aliphatic rings. The van der Waals surface area contributed by atoms with Crippen molar-refractivity contribution in [3.63, 3.8) is 0 Å². The first-order valence-corrected chi connectivity index (χ1v) is 7.90. The predicted octanol–water partition coefficient (Wildman–Crippen LogP) is 1.71. The number of esters is 1. The van der Waals surface area contributed by atoms with Crippen LogP contribution in [0.15, 0.2) is 40.8 Å². The van der Waals surface area contributed by atoms with Crippen molar-refractivity contribution < 1.29 is 36.2 Å². The Kier molecular flexibility index (Phi) is 6.13. The fourth-order valence-corrected chi connectivity index (χ4v) is 1.86. The van der Waals surface area contributed by atoms with E-state index in [1.165, 1.54) is 31.2 Å². The van der Waals surface area contributed by atoms with Crippen LogP contribution in [0.1, 0.15) is 18.9 Å². The van der Waals surface area contributed by atoms with Gasteiger partial charge in [-0.1, -0.05) is 18.7 Å². The van der Waals surface area contributed by atoms with E-state index in [0.29, 0.717) is 5.56 Å². The van der Waals surface area contributed by atoms with Gasteiger partial charge in [0.15, 0.2) is 0 Å². The van der Waals surface area contributed by atoms with Gasteiger partial charge in [-0.15, -0.1) is 0 Å². The summed E-state index contributed by atoms with van der Waals surface area (Å²) in [4.78, 5) is 11.3. The molecule has 1 aromatic rings. The molecular formula is C14H13F3NO5S-. The second-order valence-electron chi connectivity index (χ2n) is 4.72. The predicted molar refractivity (Wildman–Crippen MR) is 77.6 cm³/mol. The minimum Gasteiger partial charge on any atom is -0.861 e. The van der Waals surface area contributed by atoms with E-state index >= 15 is 0 Å². The maximum atomic E-state index is 12.1. The molecule has 0 amide bonds. The summed E-state index contributed by atoms with van der Waals surface area (Å²) < 4.78 is 64.8. The van der Waals surface area contributed by atoms with E-state index in [1.807, 2.05) is 0 Å². The van der Waals surface area contributed by atoms with Gasteiger partial charge in [-0.3, -0.25) is 0 Å². The molecule has 24 heavy (non-hydrogen) atoms. The Bertz CT molecular complexity index is 752. The Morgan fingerprint density at radius 2 is 1.83 bits per heavy atom. The van der Waals surface area contributed by atoms with Gasteiger partial charge < -0.3 is 9.84 Å². The van der Waals surface area contributed by atoms with E-state index in [2.05, 4.69) is 11.0 Å². The normalized spacial score (nSPS) is 12.8. The molecule has 10 heteroatoms. The van der Waals surface area contributed by atoms with E-state index in [0.717, 1.165) is 0 Å². The van der Waals surface area contributed by atoms with Gasteiger partial charge in [-0.05, 0) is 43.4 Å². The fraction of sp³-hybridized carbons (Fsp3) is 0.286. The summed E-state index contributed by atoms with van der Waals surface area (Å²) in [5.41, 5.74) is -4.87. The van der Waals surface area contributed by atoms with Crippen molar-refractivity contribution in [2.75, 3.05) is 0 Å². The molecule has 132 valence electrons. The highest BCUT2D eigenvalue weighted by atomic mass is 32.2. The van der Waals surface area contributed by atoms with Crippen LogP contribution in [0.3, 0.4) is 0 Å². The number of sulfonamides is 1. The van der Waals surface area contributed by atoms with Crippen LogP contribution in [-0.4, -0.2) is 25.8 Å². The number of aryl methyl sites for hydroxylation is 1. The Morgan fingerprint density at radius 3 is 2.29 bits per heavy atom. The highest BCUT2D eigenvalue weighted by Gasteiger charge is 2.45. The van der Waals surface area contributed by atoms with Crippen molar-refractivity contribution in [2.45, 2.75) is 25.3 Å². The van der Waals surface area contributed by atoms with Crippen LogP contribution >= 0.6 is 0 Å². The van der Waals surface area contributed by atoms with Crippen molar-refractivity contribution in [3.05, 3.63) is 42.0 Å². The molecule has 0 fully saturated rings. The molecule has 0 saturated carbocycles. The topological polar surface area (TPSA) is 95.9 Å². The lowest BCUT2D eigenvalue weighted by molar-refractivity contribution is -0.218. The standard InChI is InChI=1S/C14H14F3NO5S/c1-9(2)13(20)23-11-6-3-10(4-7-11)5-8-12(19)18-24(21,22)14(15,16)17/h3-4,6-7H,1,5,8H2,2H3,(H,18,19)/p-1. The van der Waals surface area contributed by atoms with Gasteiger partial charge in [0.05, 0.1) is 0 Å². The minimum atomic E-state index is -5.82. The molecule has 0 saturated heterocycles. The molecule has 0 atom stereocenters. The summed E-state index contributed by atoms with van der Waals surface area (Å²) >= 11 is 0. The first-order chi connectivity index (χ1) is 10.9. The van der Waals surface area contributed by atoms with Gasteiger partial charge >= 0.3 is 21.5 Å². The van der Waals surface area contributed by atoms with E-state index < -0.39 is 33.8 Å². The first kappa shape index (κ1) is 19.7. The number of halogens is 3. The lowest BCUT2D eigenvalue weighted by Gasteiger charge is -2.12. The molecule has 0 aliphatic heterocycles. The van der Waals surface area contributed by atoms with Crippen molar-refractivity contribution in [2.24, 2.45) is 4.40 Å². The summed E-state index contributed by atoms with van der Waals surface area (Å²) in [6.45, 7) is 4.89. The summed E-state index contributed by atoms with van der Waals surface area (Å²) in [7, 11) is -5.82. The lowest BCUT2D eigenvalue weighted by Crippen LogP contribution is -2.26. The number of hydrogen-bond donors (Lipinski definition) is 0. The quantitative estimate of drug-likeness (QED) is 0.252. The number of nitrogens with zero attached hydrogens (tertiary/aromatic N) is 1. The molecule has 6 nitrogen and oxygen atoms in total. The van der Waals surface area contributed by atoms with Crippen LogP contribution in [0.4, 0.5) is 13.2 Å². The number of hydrogen-bond acceptors (Lipinski definition) is 5. The summed E-state index contributed by atoms with van der Waals surface area (Å²) in [5.74, 6) is -1.79. The van der Waals surface area contributed by atoms with Crippen LogP contribution in [-0.2, 0) is 21.2 Å². The monoisotopic (exact) mass is 364 g/mol. The van der Waals surface area contributed by atoms with E-state index in [-0.39, 0.29) is 17.7 Å². The van der Waals surface area contributed by atoms with E-state index in [1.54, 1.807) is 0 Å². The van der Waals surface area contributed by atoms with E-state index in [4.69, 9.17) is 4.74 Å². The van der Waals surface area contributed by atoms with Gasteiger partial charge in [0.1, 0.15) is 5.75 Å². The van der Waals surface area contributed by atoms with Gasteiger partial charge in [0.25, 0.3) is 0 Å². The van der Waals surface area contributed by atoms with Gasteiger partial charge in [0, 0.05) is 5.57 Å². The molecule has 0 aliphatic carbocycles. The van der Waals surface area contributed by atoms with Crippen LogP contribution in [0.5, 0.6) is 5.75 Å². The molecule has 0 radical (unpaired) electrons. The SMILES string of the molecule is C=C(C)C(=O)Oc1ccc(CC/C([O-])=N\S(=O)(=O)C(F)(F)F)cc1. The van der Waals surface area contributed by atoms with Crippen LogP contribution in [0.2, 0.25) is 0 Å². The summed E-state index contributed by atoms with van der Waals surface area (Å²) in [5, 5.41) is 11.2. The van der Waals surface area contributed by atoms with Gasteiger partial charge in [-0.2, -0.15) is 26.0 Å². The molecule has 1 rings (SSSR count). The van der Waals surface area contributed by atoms with Crippen molar-refractivity contribution >= 4 is 21.9 Å². The lowest BCUT2D eigenvalue weighted by atomic mass is 10.1. The number of rotatable bonds is 6. The van der Waals surface area contributed by atoms with Crippen molar-refractivity contribution in [3.8, 4) is 5.75 Å². The van der Waals surface area contributed by atoms with Gasteiger partial charge in [-0.25, -0.2) is 4.79 Å². The zero-order chi connectivity index (χ0) is 18.5. The Balaban J connectivity index is 2.69. The largest absolute Gasteiger partial charge is 0.861 e. The third kappa shape index (κ3) is 5.69. The summed E-state index contributed by atoms with van der Waals surface area (Å²) in [6.07, 6.45) is -0.537. The zero-order valence-corrected chi connectivity index (χ0v) is 13.3. The Morgan fingerprint density at radius 1 is 1.29 bits per heavy atom. The third-order valence-electron chi connectivity index (χ3n) is 2.62. The minimum absolute atomic E-state index is 0.0234. The highest BCUT2D eigenvalue weighted by molar-refractivity contribution is 7.91. The Labute approximate surface area is 136 Å². The van der Waals surface area contributed by atoms with Crippen LogP contribution < -0.4 is 9.84 Å². The highest BCUT2D eigenvalue weighted by Crippen LogP contribution is 2.24. The number of ether oxygens (including phenoxy) is 1. The number of carbonyl (C=O) groups excluding carboxylic acids is 1. The molecule has 0 bridgehead atoms. The molecule has 0 N–H and O–H groups in total. The average molecular weight is 364 g/mol. The fourth-order valence-electron chi connectivity index (χ4n) is 1.40. The molecular weight excluding hydrogens is 351 g/mol. The number of benzene rings is 1. The first-order valence-electron chi connectivity index (χ1n) is 6.46. The van der Waals surface area contributed by atoms with Gasteiger partial charge in [0.2, 0.25) is 0 Å². The van der Waals surface area contributed by atoms with E-state index in [9.17, 15) is 31.5 Å². The maximum absolute atomic E-state index is 12.1. The maximum Gasteiger partial charge on any atom is 0.518 e. The zero-order valence-electron chi connectivity index (χ0n) is 12.5. The molecule has 1 aromatic carbocycles.